The molecule has 0 aromatic heterocycles. The fourth-order valence-electron chi connectivity index (χ4n) is 4.63. The van der Waals surface area contributed by atoms with Gasteiger partial charge in [-0.25, -0.2) is 9.18 Å². The smallest absolute Gasteiger partial charge is 0.335 e. The Kier molecular flexibility index (Phi) is 4.25. The van der Waals surface area contributed by atoms with E-state index in [1.807, 2.05) is 11.0 Å². The summed E-state index contributed by atoms with van der Waals surface area (Å²) in [6.45, 7) is 2.56. The van der Waals surface area contributed by atoms with E-state index in [9.17, 15) is 19.1 Å². The Morgan fingerprint density at radius 3 is 2.63 bits per heavy atom. The summed E-state index contributed by atoms with van der Waals surface area (Å²) in [4.78, 5) is 26.0. The second kappa shape index (κ2) is 6.48. The van der Waals surface area contributed by atoms with Crippen LogP contribution in [0.1, 0.15) is 46.8 Å². The number of hydrogen-bond donors (Lipinski definition) is 1. The maximum atomic E-state index is 13.1. The summed E-state index contributed by atoms with van der Waals surface area (Å²) in [7, 11) is 0. The third kappa shape index (κ3) is 3.11. The number of nitrogens with zero attached hydrogens (tertiary/aromatic N) is 1. The molecule has 2 atom stereocenters. The first-order valence-electron chi connectivity index (χ1n) is 9.27. The van der Waals surface area contributed by atoms with Crippen molar-refractivity contribution in [1.29, 1.82) is 0 Å². The molecule has 1 saturated heterocycles. The maximum absolute atomic E-state index is 13.1. The summed E-state index contributed by atoms with van der Waals surface area (Å²) in [5, 5.41) is 9.27. The molecule has 2 aliphatic rings. The van der Waals surface area contributed by atoms with Gasteiger partial charge in [0, 0.05) is 24.4 Å². The summed E-state index contributed by atoms with van der Waals surface area (Å²) < 4.78 is 13.1. The first-order chi connectivity index (χ1) is 12.9. The Hall–Kier alpha value is -2.69. The van der Waals surface area contributed by atoms with E-state index in [2.05, 4.69) is 6.92 Å². The standard InChI is InChI=1S/C22H22FNO3/c1-14-22(9-8-16-4-5-17(21(26)27)10-18(16)11-22)12-20(25)24(14)13-15-2-6-19(23)7-3-15/h2-7,10,14H,8-9,11-13H2,1H3,(H,26,27). The van der Waals surface area contributed by atoms with Crippen LogP contribution in [-0.4, -0.2) is 27.9 Å². The highest BCUT2D eigenvalue weighted by atomic mass is 19.1. The molecule has 0 saturated carbocycles. The van der Waals surface area contributed by atoms with Crippen LogP contribution in [0.15, 0.2) is 42.5 Å². The van der Waals surface area contributed by atoms with E-state index < -0.39 is 5.97 Å². The van der Waals surface area contributed by atoms with Crippen molar-refractivity contribution in [3.05, 3.63) is 70.5 Å². The minimum atomic E-state index is -0.925. The largest absolute Gasteiger partial charge is 0.478 e. The van der Waals surface area contributed by atoms with Crippen molar-refractivity contribution in [1.82, 2.24) is 4.90 Å². The Bertz CT molecular complexity index is 908. The third-order valence-corrected chi connectivity index (χ3v) is 6.33. The van der Waals surface area contributed by atoms with E-state index in [0.29, 0.717) is 18.5 Å². The van der Waals surface area contributed by atoms with Crippen LogP contribution in [0.4, 0.5) is 4.39 Å². The number of aromatic carboxylic acids is 1. The van der Waals surface area contributed by atoms with E-state index in [-0.39, 0.29) is 23.2 Å². The fourth-order valence-corrected chi connectivity index (χ4v) is 4.63. The lowest BCUT2D eigenvalue weighted by Gasteiger charge is -2.39. The molecule has 1 fully saturated rings. The van der Waals surface area contributed by atoms with Crippen LogP contribution in [0.25, 0.3) is 0 Å². The van der Waals surface area contributed by atoms with Crippen LogP contribution in [0, 0.1) is 11.2 Å². The van der Waals surface area contributed by atoms with E-state index in [0.717, 1.165) is 30.4 Å². The van der Waals surface area contributed by atoms with Gasteiger partial charge in [-0.3, -0.25) is 4.79 Å². The molecular weight excluding hydrogens is 345 g/mol. The van der Waals surface area contributed by atoms with Crippen molar-refractivity contribution in [2.45, 2.75) is 45.2 Å². The number of rotatable bonds is 3. The minimum Gasteiger partial charge on any atom is -0.478 e. The zero-order valence-corrected chi connectivity index (χ0v) is 15.2. The molecule has 4 nitrogen and oxygen atoms in total. The molecule has 1 aliphatic heterocycles. The number of carbonyl (C=O) groups excluding carboxylic acids is 1. The fraction of sp³-hybridized carbons (Fsp3) is 0.364. The van der Waals surface area contributed by atoms with Gasteiger partial charge in [-0.05, 0) is 67.1 Å². The molecule has 0 radical (unpaired) electrons. The van der Waals surface area contributed by atoms with Gasteiger partial charge in [0.1, 0.15) is 5.82 Å². The number of carboxylic acid groups (broad SMARTS) is 1. The third-order valence-electron chi connectivity index (χ3n) is 6.33. The van der Waals surface area contributed by atoms with Gasteiger partial charge in [-0.2, -0.15) is 0 Å². The van der Waals surface area contributed by atoms with Crippen LogP contribution < -0.4 is 0 Å². The maximum Gasteiger partial charge on any atom is 0.335 e. The predicted octanol–water partition coefficient (Wildman–Crippen LogP) is 3.82. The Morgan fingerprint density at radius 2 is 1.93 bits per heavy atom. The van der Waals surface area contributed by atoms with E-state index in [1.165, 1.54) is 17.7 Å². The average molecular weight is 367 g/mol. The Morgan fingerprint density at radius 1 is 1.19 bits per heavy atom. The highest BCUT2D eigenvalue weighted by Crippen LogP contribution is 2.48. The Balaban J connectivity index is 1.59. The first-order valence-corrected chi connectivity index (χ1v) is 9.27. The number of hydrogen-bond acceptors (Lipinski definition) is 2. The van der Waals surface area contributed by atoms with Crippen molar-refractivity contribution >= 4 is 11.9 Å². The zero-order chi connectivity index (χ0) is 19.2. The molecule has 1 N–H and O–H groups in total. The highest BCUT2D eigenvalue weighted by Gasteiger charge is 2.50. The number of halogens is 1. The molecule has 2 aromatic rings. The van der Waals surface area contributed by atoms with Gasteiger partial charge in [0.15, 0.2) is 0 Å². The summed E-state index contributed by atoms with van der Waals surface area (Å²) in [5.74, 6) is -1.09. The van der Waals surface area contributed by atoms with Gasteiger partial charge in [0.25, 0.3) is 0 Å². The van der Waals surface area contributed by atoms with Crippen molar-refractivity contribution in [3.63, 3.8) is 0 Å². The molecule has 1 heterocycles. The molecule has 0 bridgehead atoms. The van der Waals surface area contributed by atoms with Crippen LogP contribution in [0.3, 0.4) is 0 Å². The quantitative estimate of drug-likeness (QED) is 0.897. The van der Waals surface area contributed by atoms with Crippen molar-refractivity contribution < 1.29 is 19.1 Å². The summed E-state index contributed by atoms with van der Waals surface area (Å²) >= 11 is 0. The predicted molar refractivity (Wildman–Crippen MR) is 98.9 cm³/mol. The molecule has 27 heavy (non-hydrogen) atoms. The van der Waals surface area contributed by atoms with Crippen molar-refractivity contribution in [3.8, 4) is 0 Å². The molecule has 1 aliphatic carbocycles. The first kappa shape index (κ1) is 17.7. The van der Waals surface area contributed by atoms with Crippen LogP contribution >= 0.6 is 0 Å². The number of fused-ring (bicyclic) bond motifs is 1. The number of benzene rings is 2. The van der Waals surface area contributed by atoms with Crippen molar-refractivity contribution in [2.24, 2.45) is 5.41 Å². The lowest BCUT2D eigenvalue weighted by atomic mass is 9.67. The van der Waals surface area contributed by atoms with Crippen LogP contribution in [-0.2, 0) is 24.2 Å². The van der Waals surface area contributed by atoms with Crippen LogP contribution in [0.5, 0.6) is 0 Å². The number of amides is 1. The summed E-state index contributed by atoms with van der Waals surface area (Å²) in [6.07, 6.45) is 2.97. The second-order valence-electron chi connectivity index (χ2n) is 7.83. The SMILES string of the molecule is CC1N(Cc2ccc(F)cc2)C(=O)CC12CCc1ccc(C(=O)O)cc1C2. The average Bonchev–Trinajstić information content (AvgIpc) is 2.87. The number of likely N-dealkylation sites (tertiary alicyclic amines) is 1. The van der Waals surface area contributed by atoms with E-state index >= 15 is 0 Å². The van der Waals surface area contributed by atoms with E-state index in [1.54, 1.807) is 24.3 Å². The zero-order valence-electron chi connectivity index (χ0n) is 15.2. The summed E-state index contributed by atoms with van der Waals surface area (Å²) in [5.41, 5.74) is 3.27. The molecule has 1 spiro atoms. The number of carboxylic acids is 1. The lowest BCUT2D eigenvalue weighted by Crippen LogP contribution is -2.41. The number of aryl methyl sites for hydroxylation is 1. The van der Waals surface area contributed by atoms with Gasteiger partial charge < -0.3 is 10.0 Å². The molecule has 1 amide bonds. The van der Waals surface area contributed by atoms with Crippen LogP contribution in [0.2, 0.25) is 0 Å². The Labute approximate surface area is 157 Å². The molecule has 2 unspecified atom stereocenters. The lowest BCUT2D eigenvalue weighted by molar-refractivity contribution is -0.129. The van der Waals surface area contributed by atoms with Gasteiger partial charge >= 0.3 is 5.97 Å². The molecule has 5 heteroatoms. The van der Waals surface area contributed by atoms with Gasteiger partial charge in [-0.1, -0.05) is 18.2 Å². The molecule has 4 rings (SSSR count). The normalized spacial score (nSPS) is 24.3. The number of carbonyl (C=O) groups is 2. The molecule has 2 aromatic carbocycles. The second-order valence-corrected chi connectivity index (χ2v) is 7.83. The van der Waals surface area contributed by atoms with Gasteiger partial charge in [-0.15, -0.1) is 0 Å². The monoisotopic (exact) mass is 367 g/mol. The van der Waals surface area contributed by atoms with E-state index in [4.69, 9.17) is 0 Å². The minimum absolute atomic E-state index is 0.0525. The topological polar surface area (TPSA) is 57.6 Å². The van der Waals surface area contributed by atoms with Gasteiger partial charge in [0.05, 0.1) is 5.56 Å². The molecular formula is C22H22FNO3. The summed E-state index contributed by atoms with van der Waals surface area (Å²) in [6, 6.07) is 11.6. The highest BCUT2D eigenvalue weighted by molar-refractivity contribution is 5.88. The van der Waals surface area contributed by atoms with Gasteiger partial charge in [0.2, 0.25) is 5.91 Å². The van der Waals surface area contributed by atoms with Crippen molar-refractivity contribution in [2.75, 3.05) is 0 Å². The molecule has 140 valence electrons.